The van der Waals surface area contributed by atoms with Gasteiger partial charge >= 0.3 is 0 Å². The molecule has 2 aromatic rings. The average Bonchev–Trinajstić information content (AvgIpc) is 2.92. The Labute approximate surface area is 137 Å². The van der Waals surface area contributed by atoms with Gasteiger partial charge in [-0.2, -0.15) is 0 Å². The van der Waals surface area contributed by atoms with E-state index in [2.05, 4.69) is 10.5 Å². The highest BCUT2D eigenvalue weighted by Crippen LogP contribution is 2.39. The van der Waals surface area contributed by atoms with Crippen molar-refractivity contribution >= 4 is 17.1 Å². The zero-order chi connectivity index (χ0) is 16.8. The van der Waals surface area contributed by atoms with E-state index < -0.39 is 4.92 Å². The van der Waals surface area contributed by atoms with E-state index in [0.717, 1.165) is 5.69 Å². The number of nitrogens with zero attached hydrogens (tertiary/aromatic N) is 4. The molecule has 0 amide bonds. The number of rotatable bonds is 2. The first-order valence-corrected chi connectivity index (χ1v) is 7.24. The van der Waals surface area contributed by atoms with E-state index in [-0.39, 0.29) is 11.6 Å². The third-order valence-electron chi connectivity index (χ3n) is 3.93. The molecule has 8 heteroatoms. The number of fused-ring (bicyclic) bond motifs is 3. The Hall–Kier alpha value is -3.39. The van der Waals surface area contributed by atoms with Gasteiger partial charge in [-0.25, -0.2) is 5.01 Å². The molecular weight excluding hydrogens is 310 g/mol. The minimum Gasteiger partial charge on any atom is -0.492 e. The van der Waals surface area contributed by atoms with Gasteiger partial charge in [0, 0.05) is 11.8 Å². The van der Waals surface area contributed by atoms with Crippen molar-refractivity contribution < 1.29 is 10.0 Å². The summed E-state index contributed by atoms with van der Waals surface area (Å²) in [5.74, 6) is -0.130. The molecule has 0 radical (unpaired) electrons. The second-order valence-electron chi connectivity index (χ2n) is 5.44. The molecule has 0 atom stereocenters. The fourth-order valence-electron chi connectivity index (χ4n) is 2.74. The lowest BCUT2D eigenvalue weighted by Crippen LogP contribution is -2.42. The van der Waals surface area contributed by atoms with Gasteiger partial charge < -0.3 is 5.11 Å². The van der Waals surface area contributed by atoms with Crippen molar-refractivity contribution in [3.63, 3.8) is 0 Å². The molecule has 2 aliphatic rings. The van der Waals surface area contributed by atoms with Crippen LogP contribution in [0.25, 0.3) is 5.70 Å². The summed E-state index contributed by atoms with van der Waals surface area (Å²) in [6.07, 6.45) is 2.97. The summed E-state index contributed by atoms with van der Waals surface area (Å²) < 4.78 is 0. The Morgan fingerprint density at radius 2 is 2.00 bits per heavy atom. The molecule has 2 aliphatic heterocycles. The van der Waals surface area contributed by atoms with Crippen LogP contribution < -0.4 is 15.6 Å². The first-order valence-electron chi connectivity index (χ1n) is 7.24. The number of allylic oxidation sites excluding steroid dienone is 1. The van der Waals surface area contributed by atoms with E-state index in [1.54, 1.807) is 41.5 Å². The smallest absolute Gasteiger partial charge is 0.281 e. The SMILES string of the molecule is Cc1ccc(N2NN3C(=C2O)C=C([N+](=O)[O-])c2ccccc23)cn1. The van der Waals surface area contributed by atoms with Crippen LogP contribution in [-0.4, -0.2) is 15.0 Å². The van der Waals surface area contributed by atoms with Crippen molar-refractivity contribution in [2.45, 2.75) is 6.92 Å². The Bertz CT molecular complexity index is 904. The van der Waals surface area contributed by atoms with Crippen molar-refractivity contribution in [3.05, 3.63) is 81.6 Å². The monoisotopic (exact) mass is 323 g/mol. The Morgan fingerprint density at radius 1 is 1.21 bits per heavy atom. The number of aliphatic hydroxyl groups is 1. The number of hydrazine groups is 2. The van der Waals surface area contributed by atoms with Crippen LogP contribution in [0.2, 0.25) is 0 Å². The highest BCUT2D eigenvalue weighted by Gasteiger charge is 2.38. The molecule has 1 aromatic heterocycles. The van der Waals surface area contributed by atoms with E-state index >= 15 is 0 Å². The minimum atomic E-state index is -0.452. The van der Waals surface area contributed by atoms with Crippen molar-refractivity contribution in [3.8, 4) is 0 Å². The topological polar surface area (TPSA) is 94.8 Å². The van der Waals surface area contributed by atoms with Crippen LogP contribution in [0.1, 0.15) is 11.3 Å². The average molecular weight is 323 g/mol. The van der Waals surface area contributed by atoms with E-state index in [9.17, 15) is 15.2 Å². The number of para-hydroxylation sites is 1. The summed E-state index contributed by atoms with van der Waals surface area (Å²) in [6.45, 7) is 1.87. The largest absolute Gasteiger partial charge is 0.492 e. The van der Waals surface area contributed by atoms with Crippen LogP contribution >= 0.6 is 0 Å². The third-order valence-corrected chi connectivity index (χ3v) is 3.93. The molecule has 0 aliphatic carbocycles. The first kappa shape index (κ1) is 14.2. The lowest BCUT2D eigenvalue weighted by Gasteiger charge is -2.26. The van der Waals surface area contributed by atoms with E-state index in [0.29, 0.717) is 22.6 Å². The van der Waals surface area contributed by atoms with Crippen molar-refractivity contribution in [2.24, 2.45) is 0 Å². The number of aliphatic hydroxyl groups excluding tert-OH is 1. The molecule has 0 spiro atoms. The van der Waals surface area contributed by atoms with Crippen molar-refractivity contribution in [2.75, 3.05) is 10.0 Å². The predicted octanol–water partition coefficient (Wildman–Crippen LogP) is 2.49. The van der Waals surface area contributed by atoms with Crippen molar-refractivity contribution in [1.29, 1.82) is 0 Å². The maximum absolute atomic E-state index is 11.4. The molecule has 8 nitrogen and oxygen atoms in total. The fourth-order valence-corrected chi connectivity index (χ4v) is 2.74. The molecule has 1 aromatic carbocycles. The van der Waals surface area contributed by atoms with Crippen LogP contribution in [0.5, 0.6) is 0 Å². The number of nitrogens with one attached hydrogen (secondary N) is 1. The molecule has 2 N–H and O–H groups in total. The van der Waals surface area contributed by atoms with Gasteiger partial charge in [-0.3, -0.25) is 20.1 Å². The molecule has 0 saturated heterocycles. The summed E-state index contributed by atoms with van der Waals surface area (Å²) in [5, 5.41) is 24.9. The maximum atomic E-state index is 11.4. The number of aromatic nitrogens is 1. The Kier molecular flexibility index (Phi) is 3.00. The zero-order valence-electron chi connectivity index (χ0n) is 12.7. The summed E-state index contributed by atoms with van der Waals surface area (Å²) in [7, 11) is 0. The number of nitro groups is 1. The van der Waals surface area contributed by atoms with Gasteiger partial charge in [-0.15, -0.1) is 5.53 Å². The molecule has 3 heterocycles. The number of benzene rings is 1. The lowest BCUT2D eigenvalue weighted by atomic mass is 10.0. The van der Waals surface area contributed by atoms with Gasteiger partial charge in [-0.1, -0.05) is 12.1 Å². The standard InChI is InChI=1S/C16H13N5O3/c1-10-6-7-11(9-17-10)19-16(22)15-8-14(21(23)24)12-4-2-3-5-13(12)20(15)18-19/h2-9,18,22H,1H3. The molecule has 24 heavy (non-hydrogen) atoms. The van der Waals surface area contributed by atoms with Gasteiger partial charge in [0.2, 0.25) is 5.88 Å². The predicted molar refractivity (Wildman–Crippen MR) is 88.1 cm³/mol. The van der Waals surface area contributed by atoms with Crippen LogP contribution in [0.15, 0.2) is 60.3 Å². The minimum absolute atomic E-state index is 0.0610. The van der Waals surface area contributed by atoms with Crippen molar-refractivity contribution in [1.82, 2.24) is 10.5 Å². The van der Waals surface area contributed by atoms with Crippen LogP contribution in [0.4, 0.5) is 11.4 Å². The zero-order valence-corrected chi connectivity index (χ0v) is 12.7. The Morgan fingerprint density at radius 3 is 2.71 bits per heavy atom. The highest BCUT2D eigenvalue weighted by atomic mass is 16.6. The number of pyridine rings is 1. The van der Waals surface area contributed by atoms with Crippen LogP contribution in [0.3, 0.4) is 0 Å². The maximum Gasteiger partial charge on any atom is 0.281 e. The second-order valence-corrected chi connectivity index (χ2v) is 5.44. The molecule has 0 bridgehead atoms. The van der Waals surface area contributed by atoms with E-state index in [1.165, 1.54) is 11.1 Å². The molecule has 0 saturated carbocycles. The van der Waals surface area contributed by atoms with Gasteiger partial charge in [-0.05, 0) is 31.2 Å². The third kappa shape index (κ3) is 2.01. The van der Waals surface area contributed by atoms with Gasteiger partial charge in [0.05, 0.1) is 28.1 Å². The van der Waals surface area contributed by atoms with E-state index in [4.69, 9.17) is 0 Å². The number of aryl methyl sites for hydroxylation is 1. The second kappa shape index (κ2) is 5.07. The normalized spacial score (nSPS) is 16.0. The highest BCUT2D eigenvalue weighted by molar-refractivity contribution is 5.82. The first-order chi connectivity index (χ1) is 11.6. The summed E-state index contributed by atoms with van der Waals surface area (Å²) in [6, 6.07) is 10.6. The van der Waals surface area contributed by atoms with Crippen LogP contribution in [0, 0.1) is 17.0 Å². The van der Waals surface area contributed by atoms with Crippen LogP contribution in [-0.2, 0) is 0 Å². The quantitative estimate of drug-likeness (QED) is 0.647. The summed E-state index contributed by atoms with van der Waals surface area (Å²) >= 11 is 0. The van der Waals surface area contributed by atoms with Gasteiger partial charge in [0.25, 0.3) is 5.70 Å². The summed E-state index contributed by atoms with van der Waals surface area (Å²) in [5.41, 5.74) is 5.82. The van der Waals surface area contributed by atoms with E-state index in [1.807, 2.05) is 13.0 Å². The number of hydrogen-bond donors (Lipinski definition) is 2. The Balaban J connectivity index is 1.84. The number of anilines is 2. The lowest BCUT2D eigenvalue weighted by molar-refractivity contribution is -0.375. The van der Waals surface area contributed by atoms with Gasteiger partial charge in [0.1, 0.15) is 5.70 Å². The molecule has 0 fully saturated rings. The molecular formula is C16H13N5O3. The fraction of sp³-hybridized carbons (Fsp3) is 0.0625. The molecule has 4 rings (SSSR count). The molecule has 120 valence electrons. The van der Waals surface area contributed by atoms with Gasteiger partial charge in [0.15, 0.2) is 0 Å². The number of hydrogen-bond acceptors (Lipinski definition) is 7. The molecule has 0 unspecified atom stereocenters. The summed E-state index contributed by atoms with van der Waals surface area (Å²) in [4.78, 5) is 15.1.